The number of anilines is 1. The molecule has 33 heavy (non-hydrogen) atoms. The molecule has 1 atom stereocenters. The van der Waals surface area contributed by atoms with Crippen LogP contribution in [-0.4, -0.2) is 55.2 Å². The highest BCUT2D eigenvalue weighted by Gasteiger charge is 2.35. The van der Waals surface area contributed by atoms with E-state index < -0.39 is 11.6 Å². The van der Waals surface area contributed by atoms with Crippen LogP contribution in [0.4, 0.5) is 9.93 Å². The van der Waals surface area contributed by atoms with Crippen molar-refractivity contribution in [3.8, 4) is 17.6 Å². The van der Waals surface area contributed by atoms with Crippen molar-refractivity contribution in [1.29, 1.82) is 0 Å². The molecule has 2 aromatic carbocycles. The Bertz CT molecular complexity index is 1290. The molecule has 2 amide bonds. The lowest BCUT2D eigenvalue weighted by molar-refractivity contribution is 0.0743. The van der Waals surface area contributed by atoms with Crippen molar-refractivity contribution in [2.45, 2.75) is 19.0 Å². The van der Waals surface area contributed by atoms with Gasteiger partial charge in [0.15, 0.2) is 5.13 Å². The van der Waals surface area contributed by atoms with Crippen molar-refractivity contribution >= 4 is 38.7 Å². The standard InChI is InChI=1S/C24H24N4O4S/c1-24(27-23(30)32-4,10-9-15-5-8-19-20(11-15)33-22(25-2)26-19)14-28-13-16-6-7-17(31-3)12-18(16)21(28)29/h5-8,11-12H,13-14H2,1-4H3,(H,25,26)(H,27,30)/t24-/m1/s1. The lowest BCUT2D eigenvalue weighted by Crippen LogP contribution is -2.52. The number of carbonyl (C=O) groups is 2. The van der Waals surface area contributed by atoms with Crippen LogP contribution in [0.3, 0.4) is 0 Å². The average Bonchev–Trinajstić information content (AvgIpc) is 3.37. The first-order chi connectivity index (χ1) is 15.8. The number of benzene rings is 2. The van der Waals surface area contributed by atoms with Crippen LogP contribution in [0.1, 0.15) is 28.4 Å². The minimum Gasteiger partial charge on any atom is -0.497 e. The molecule has 1 aliphatic heterocycles. The third kappa shape index (κ3) is 4.71. The van der Waals surface area contributed by atoms with Gasteiger partial charge in [0, 0.05) is 24.7 Å². The molecule has 3 aromatic rings. The number of hydrogen-bond acceptors (Lipinski definition) is 7. The molecule has 0 bridgehead atoms. The zero-order valence-electron chi connectivity index (χ0n) is 18.8. The average molecular weight is 465 g/mol. The number of hydrogen-bond donors (Lipinski definition) is 2. The van der Waals surface area contributed by atoms with Crippen molar-refractivity contribution in [3.63, 3.8) is 0 Å². The van der Waals surface area contributed by atoms with Crippen LogP contribution >= 0.6 is 11.3 Å². The van der Waals surface area contributed by atoms with Crippen LogP contribution in [0, 0.1) is 11.8 Å². The van der Waals surface area contributed by atoms with Crippen molar-refractivity contribution in [3.05, 3.63) is 53.1 Å². The Morgan fingerprint density at radius 2 is 2.09 bits per heavy atom. The Morgan fingerprint density at radius 3 is 2.82 bits per heavy atom. The number of rotatable bonds is 5. The molecule has 1 aliphatic rings. The Kier molecular flexibility index (Phi) is 6.11. The molecule has 2 heterocycles. The maximum atomic E-state index is 13.0. The first-order valence-electron chi connectivity index (χ1n) is 10.3. The van der Waals surface area contributed by atoms with E-state index in [2.05, 4.69) is 27.5 Å². The fourth-order valence-corrected chi connectivity index (χ4v) is 4.54. The van der Waals surface area contributed by atoms with Crippen molar-refractivity contribution < 1.29 is 19.1 Å². The lowest BCUT2D eigenvalue weighted by Gasteiger charge is -2.29. The molecule has 8 nitrogen and oxygen atoms in total. The second-order valence-electron chi connectivity index (χ2n) is 7.83. The molecule has 1 aromatic heterocycles. The molecule has 0 fully saturated rings. The maximum Gasteiger partial charge on any atom is 0.408 e. The van der Waals surface area contributed by atoms with Gasteiger partial charge in [-0.1, -0.05) is 29.2 Å². The molecule has 0 spiro atoms. The number of carbonyl (C=O) groups excluding carboxylic acids is 2. The summed E-state index contributed by atoms with van der Waals surface area (Å²) in [7, 11) is 4.69. The largest absolute Gasteiger partial charge is 0.497 e. The smallest absolute Gasteiger partial charge is 0.408 e. The second kappa shape index (κ2) is 9.00. The van der Waals surface area contributed by atoms with Crippen LogP contribution in [0.15, 0.2) is 36.4 Å². The van der Waals surface area contributed by atoms with Gasteiger partial charge in [0.1, 0.15) is 11.3 Å². The number of thiazole rings is 1. The molecule has 2 N–H and O–H groups in total. The van der Waals surface area contributed by atoms with Crippen molar-refractivity contribution in [1.82, 2.24) is 15.2 Å². The topological polar surface area (TPSA) is 92.8 Å². The predicted octanol–water partition coefficient (Wildman–Crippen LogP) is 3.47. The Labute approximate surface area is 195 Å². The normalized spacial score (nSPS) is 14.2. The lowest BCUT2D eigenvalue weighted by atomic mass is 10.0. The van der Waals surface area contributed by atoms with Crippen molar-refractivity contribution in [2.75, 3.05) is 33.1 Å². The highest BCUT2D eigenvalue weighted by Crippen LogP contribution is 2.28. The number of nitrogens with zero attached hydrogens (tertiary/aromatic N) is 2. The van der Waals surface area contributed by atoms with Gasteiger partial charge < -0.3 is 25.0 Å². The Hall–Kier alpha value is -3.77. The quantitative estimate of drug-likeness (QED) is 0.562. The van der Waals surface area contributed by atoms with E-state index in [4.69, 9.17) is 9.47 Å². The minimum atomic E-state index is -1.03. The summed E-state index contributed by atoms with van der Waals surface area (Å²) in [6.07, 6.45) is -0.616. The number of ether oxygens (including phenoxy) is 2. The summed E-state index contributed by atoms with van der Waals surface area (Å²) < 4.78 is 11.1. The summed E-state index contributed by atoms with van der Waals surface area (Å²) in [5.41, 5.74) is 2.14. The number of methoxy groups -OCH3 is 2. The molecule has 4 rings (SSSR count). The number of aromatic nitrogens is 1. The molecule has 0 unspecified atom stereocenters. The van der Waals surface area contributed by atoms with Crippen LogP contribution < -0.4 is 15.4 Å². The molecule has 0 radical (unpaired) electrons. The van der Waals surface area contributed by atoms with Gasteiger partial charge in [-0.3, -0.25) is 4.79 Å². The monoisotopic (exact) mass is 464 g/mol. The zero-order valence-corrected chi connectivity index (χ0v) is 19.6. The van der Waals surface area contributed by atoms with E-state index in [9.17, 15) is 9.59 Å². The predicted molar refractivity (Wildman–Crippen MR) is 128 cm³/mol. The molecule has 0 aliphatic carbocycles. The van der Waals surface area contributed by atoms with E-state index in [1.54, 1.807) is 25.0 Å². The highest BCUT2D eigenvalue weighted by atomic mass is 32.1. The van der Waals surface area contributed by atoms with Gasteiger partial charge in [-0.05, 0) is 42.8 Å². The first kappa shape index (κ1) is 22.4. The van der Waals surface area contributed by atoms with E-state index in [0.29, 0.717) is 17.9 Å². The summed E-state index contributed by atoms with van der Waals surface area (Å²) in [6.45, 7) is 2.40. The van der Waals surface area contributed by atoms with E-state index >= 15 is 0 Å². The van der Waals surface area contributed by atoms with E-state index in [1.165, 1.54) is 18.4 Å². The van der Waals surface area contributed by atoms with Crippen LogP contribution in [0.2, 0.25) is 0 Å². The summed E-state index contributed by atoms with van der Waals surface area (Å²) in [5, 5.41) is 6.66. The fourth-order valence-electron chi connectivity index (χ4n) is 3.68. The highest BCUT2D eigenvalue weighted by molar-refractivity contribution is 7.22. The minimum absolute atomic E-state index is 0.130. The van der Waals surface area contributed by atoms with Crippen LogP contribution in [-0.2, 0) is 11.3 Å². The first-order valence-corrected chi connectivity index (χ1v) is 11.1. The van der Waals surface area contributed by atoms with Gasteiger partial charge in [-0.15, -0.1) is 0 Å². The summed E-state index contributed by atoms with van der Waals surface area (Å²) in [4.78, 5) is 31.2. The molecule has 9 heteroatoms. The number of amides is 2. The van der Waals surface area contributed by atoms with Gasteiger partial charge in [0.2, 0.25) is 0 Å². The SMILES string of the molecule is CNc1nc2ccc(C#C[C@](C)(CN3Cc4ccc(OC)cc4C3=O)NC(=O)OC)cc2s1. The summed E-state index contributed by atoms with van der Waals surface area (Å²) >= 11 is 1.54. The van der Waals surface area contributed by atoms with E-state index in [0.717, 1.165) is 26.5 Å². The van der Waals surface area contributed by atoms with Crippen molar-refractivity contribution in [2.24, 2.45) is 0 Å². The summed E-state index contributed by atoms with van der Waals surface area (Å²) in [6, 6.07) is 11.2. The Balaban J connectivity index is 1.61. The van der Waals surface area contributed by atoms with Gasteiger partial charge in [0.25, 0.3) is 5.91 Å². The molecule has 170 valence electrons. The van der Waals surface area contributed by atoms with E-state index in [-0.39, 0.29) is 12.5 Å². The summed E-state index contributed by atoms with van der Waals surface area (Å²) in [5.74, 6) is 6.78. The van der Waals surface area contributed by atoms with Gasteiger partial charge >= 0.3 is 6.09 Å². The van der Waals surface area contributed by atoms with Crippen LogP contribution in [0.5, 0.6) is 5.75 Å². The third-order valence-electron chi connectivity index (χ3n) is 5.35. The van der Waals surface area contributed by atoms with Gasteiger partial charge in [-0.2, -0.15) is 0 Å². The second-order valence-corrected chi connectivity index (χ2v) is 8.87. The fraction of sp³-hybridized carbons (Fsp3) is 0.292. The van der Waals surface area contributed by atoms with Crippen LogP contribution in [0.25, 0.3) is 10.2 Å². The third-order valence-corrected chi connectivity index (χ3v) is 6.39. The molecular weight excluding hydrogens is 440 g/mol. The number of fused-ring (bicyclic) bond motifs is 2. The maximum absolute atomic E-state index is 13.0. The molecular formula is C24H24N4O4S. The molecule has 0 saturated carbocycles. The molecule has 0 saturated heterocycles. The van der Waals surface area contributed by atoms with Gasteiger partial charge in [-0.25, -0.2) is 9.78 Å². The zero-order chi connectivity index (χ0) is 23.6. The number of nitrogens with one attached hydrogen (secondary N) is 2. The van der Waals surface area contributed by atoms with E-state index in [1.807, 2.05) is 37.4 Å². The Morgan fingerprint density at radius 1 is 1.27 bits per heavy atom. The van der Waals surface area contributed by atoms with Gasteiger partial charge in [0.05, 0.1) is 31.0 Å². The number of alkyl carbamates (subject to hydrolysis) is 1.